The smallest absolute Gasteiger partial charge is 0.251 e. The van der Waals surface area contributed by atoms with Gasteiger partial charge >= 0.3 is 0 Å². The van der Waals surface area contributed by atoms with Gasteiger partial charge in [-0.1, -0.05) is 26.0 Å². The van der Waals surface area contributed by atoms with Gasteiger partial charge in [-0.15, -0.1) is 0 Å². The van der Waals surface area contributed by atoms with Crippen molar-refractivity contribution < 1.29 is 4.79 Å². The topological polar surface area (TPSA) is 80.9 Å². The van der Waals surface area contributed by atoms with Gasteiger partial charge in [-0.05, 0) is 18.1 Å². The summed E-state index contributed by atoms with van der Waals surface area (Å²) in [6.07, 6.45) is 3.33. The molecule has 1 aromatic carbocycles. The summed E-state index contributed by atoms with van der Waals surface area (Å²) < 4.78 is 0. The van der Waals surface area contributed by atoms with Gasteiger partial charge in [0, 0.05) is 24.2 Å². The van der Waals surface area contributed by atoms with E-state index in [2.05, 4.69) is 29.1 Å². The summed E-state index contributed by atoms with van der Waals surface area (Å²) in [5.74, 6) is 0.351. The Kier molecular flexibility index (Phi) is 5.00. The van der Waals surface area contributed by atoms with Crippen molar-refractivity contribution in [3.63, 3.8) is 0 Å². The zero-order valence-corrected chi connectivity index (χ0v) is 12.3. The minimum atomic E-state index is -0.0721. The Morgan fingerprint density at radius 3 is 2.71 bits per heavy atom. The van der Waals surface area contributed by atoms with Crippen LogP contribution in [-0.2, 0) is 6.54 Å². The van der Waals surface area contributed by atoms with Crippen LogP contribution in [0.1, 0.15) is 29.9 Å². The first-order valence-electron chi connectivity index (χ1n) is 6.99. The molecule has 0 saturated heterocycles. The van der Waals surface area contributed by atoms with Crippen LogP contribution >= 0.6 is 0 Å². The molecule has 1 aromatic heterocycles. The second kappa shape index (κ2) is 6.95. The summed E-state index contributed by atoms with van der Waals surface area (Å²) in [5, 5.41) is 2.90. The highest BCUT2D eigenvalue weighted by Gasteiger charge is 2.08. The minimum Gasteiger partial charge on any atom is -0.352 e. The molecule has 1 heterocycles. The van der Waals surface area contributed by atoms with Gasteiger partial charge in [-0.2, -0.15) is 0 Å². The monoisotopic (exact) mass is 284 g/mol. The zero-order chi connectivity index (χ0) is 15.2. The summed E-state index contributed by atoms with van der Waals surface area (Å²) >= 11 is 0. The third-order valence-corrected chi connectivity index (χ3v) is 3.01. The standard InChI is InChI=1S/C16H20N4O/c1-11(2)8-20-16(21)13-5-3-4-12(6-13)15-10-18-14(7-17)9-19-15/h3-6,9-11H,7-8,17H2,1-2H3,(H,20,21). The molecule has 0 spiro atoms. The predicted molar refractivity (Wildman–Crippen MR) is 82.5 cm³/mol. The van der Waals surface area contributed by atoms with Crippen molar-refractivity contribution >= 4 is 5.91 Å². The fourth-order valence-corrected chi connectivity index (χ4v) is 1.83. The Balaban J connectivity index is 2.18. The molecule has 1 amide bonds. The van der Waals surface area contributed by atoms with Crippen LogP contribution in [0.5, 0.6) is 0 Å². The van der Waals surface area contributed by atoms with E-state index < -0.39 is 0 Å². The lowest BCUT2D eigenvalue weighted by molar-refractivity contribution is 0.0949. The van der Waals surface area contributed by atoms with Gasteiger partial charge in [-0.25, -0.2) is 0 Å². The van der Waals surface area contributed by atoms with Gasteiger partial charge in [-0.3, -0.25) is 14.8 Å². The number of nitrogens with one attached hydrogen (secondary N) is 1. The van der Waals surface area contributed by atoms with Crippen molar-refractivity contribution in [1.29, 1.82) is 0 Å². The summed E-state index contributed by atoms with van der Waals surface area (Å²) in [7, 11) is 0. The average molecular weight is 284 g/mol. The number of aromatic nitrogens is 2. The first kappa shape index (κ1) is 15.1. The van der Waals surface area contributed by atoms with Crippen molar-refractivity contribution in [3.8, 4) is 11.3 Å². The number of carbonyl (C=O) groups excluding carboxylic acids is 1. The van der Waals surface area contributed by atoms with E-state index >= 15 is 0 Å². The molecule has 21 heavy (non-hydrogen) atoms. The highest BCUT2D eigenvalue weighted by molar-refractivity contribution is 5.95. The normalized spacial score (nSPS) is 10.7. The number of rotatable bonds is 5. The van der Waals surface area contributed by atoms with Crippen molar-refractivity contribution in [2.45, 2.75) is 20.4 Å². The third-order valence-electron chi connectivity index (χ3n) is 3.01. The Hall–Kier alpha value is -2.27. The van der Waals surface area contributed by atoms with E-state index in [4.69, 9.17) is 5.73 Å². The van der Waals surface area contributed by atoms with Crippen LogP contribution in [0.4, 0.5) is 0 Å². The van der Waals surface area contributed by atoms with Crippen LogP contribution in [-0.4, -0.2) is 22.4 Å². The van der Waals surface area contributed by atoms with E-state index in [9.17, 15) is 4.79 Å². The van der Waals surface area contributed by atoms with Gasteiger partial charge in [0.05, 0.1) is 23.8 Å². The number of carbonyl (C=O) groups is 1. The van der Waals surface area contributed by atoms with E-state index in [1.165, 1.54) is 0 Å². The molecular weight excluding hydrogens is 264 g/mol. The van der Waals surface area contributed by atoms with Gasteiger partial charge in [0.25, 0.3) is 5.91 Å². The Morgan fingerprint density at radius 1 is 1.29 bits per heavy atom. The number of benzene rings is 1. The lowest BCUT2D eigenvalue weighted by Gasteiger charge is -2.08. The highest BCUT2D eigenvalue weighted by atomic mass is 16.1. The van der Waals surface area contributed by atoms with Crippen LogP contribution in [0.25, 0.3) is 11.3 Å². The molecule has 0 aliphatic carbocycles. The molecule has 3 N–H and O–H groups in total. The molecule has 0 aliphatic rings. The summed E-state index contributed by atoms with van der Waals surface area (Å²) in [5.41, 5.74) is 8.46. The third kappa shape index (κ3) is 4.10. The lowest BCUT2D eigenvalue weighted by atomic mass is 10.1. The fourth-order valence-electron chi connectivity index (χ4n) is 1.83. The number of hydrogen-bond donors (Lipinski definition) is 2. The average Bonchev–Trinajstić information content (AvgIpc) is 2.52. The lowest BCUT2D eigenvalue weighted by Crippen LogP contribution is -2.27. The quantitative estimate of drug-likeness (QED) is 0.879. The van der Waals surface area contributed by atoms with Crippen LogP contribution in [0, 0.1) is 5.92 Å². The Bertz CT molecular complexity index is 608. The molecule has 110 valence electrons. The van der Waals surface area contributed by atoms with Crippen LogP contribution in [0.3, 0.4) is 0 Å². The molecule has 5 nitrogen and oxygen atoms in total. The van der Waals surface area contributed by atoms with Gasteiger partial charge in [0.15, 0.2) is 0 Å². The summed E-state index contributed by atoms with van der Waals surface area (Å²) in [4.78, 5) is 20.6. The molecular formula is C16H20N4O. The minimum absolute atomic E-state index is 0.0721. The van der Waals surface area contributed by atoms with Crippen molar-refractivity contribution in [2.75, 3.05) is 6.54 Å². The van der Waals surface area contributed by atoms with E-state index in [-0.39, 0.29) is 5.91 Å². The van der Waals surface area contributed by atoms with E-state index in [1.54, 1.807) is 18.5 Å². The second-order valence-corrected chi connectivity index (χ2v) is 5.28. The molecule has 5 heteroatoms. The number of amides is 1. The van der Waals surface area contributed by atoms with Gasteiger partial charge < -0.3 is 11.1 Å². The molecule has 2 rings (SSSR count). The van der Waals surface area contributed by atoms with E-state index in [0.717, 1.165) is 17.0 Å². The summed E-state index contributed by atoms with van der Waals surface area (Å²) in [6, 6.07) is 7.37. The molecule has 0 radical (unpaired) electrons. The maximum absolute atomic E-state index is 12.1. The molecule has 0 saturated carbocycles. The maximum atomic E-state index is 12.1. The Morgan fingerprint density at radius 2 is 2.10 bits per heavy atom. The molecule has 2 aromatic rings. The van der Waals surface area contributed by atoms with Crippen LogP contribution in [0.2, 0.25) is 0 Å². The number of hydrogen-bond acceptors (Lipinski definition) is 4. The SMILES string of the molecule is CC(C)CNC(=O)c1cccc(-c2cnc(CN)cn2)c1. The number of nitrogens with two attached hydrogens (primary N) is 1. The summed E-state index contributed by atoms with van der Waals surface area (Å²) in [6.45, 7) is 5.15. The molecule has 0 unspecified atom stereocenters. The largest absolute Gasteiger partial charge is 0.352 e. The van der Waals surface area contributed by atoms with Crippen LogP contribution < -0.4 is 11.1 Å². The molecule has 0 bridgehead atoms. The van der Waals surface area contributed by atoms with Crippen molar-refractivity contribution in [2.24, 2.45) is 11.7 Å². The van der Waals surface area contributed by atoms with Crippen molar-refractivity contribution in [3.05, 3.63) is 47.9 Å². The predicted octanol–water partition coefficient (Wildman–Crippen LogP) is 1.99. The zero-order valence-electron chi connectivity index (χ0n) is 12.3. The first-order chi connectivity index (χ1) is 10.1. The van der Waals surface area contributed by atoms with Gasteiger partial charge in [0.1, 0.15) is 0 Å². The molecule has 0 atom stereocenters. The number of nitrogens with zero attached hydrogens (tertiary/aromatic N) is 2. The Labute approximate surface area is 124 Å². The van der Waals surface area contributed by atoms with Gasteiger partial charge in [0.2, 0.25) is 0 Å². The van der Waals surface area contributed by atoms with Crippen LogP contribution in [0.15, 0.2) is 36.7 Å². The van der Waals surface area contributed by atoms with Crippen molar-refractivity contribution in [1.82, 2.24) is 15.3 Å². The fraction of sp³-hybridized carbons (Fsp3) is 0.312. The second-order valence-electron chi connectivity index (χ2n) is 5.28. The first-order valence-corrected chi connectivity index (χ1v) is 6.99. The molecule has 0 aliphatic heterocycles. The molecule has 0 fully saturated rings. The van der Waals surface area contributed by atoms with E-state index in [1.807, 2.05) is 18.2 Å². The maximum Gasteiger partial charge on any atom is 0.251 e. The van der Waals surface area contributed by atoms with E-state index in [0.29, 0.717) is 24.6 Å². The highest BCUT2D eigenvalue weighted by Crippen LogP contribution is 2.17.